The van der Waals surface area contributed by atoms with Crippen molar-refractivity contribution in [3.05, 3.63) is 53.9 Å². The van der Waals surface area contributed by atoms with E-state index in [1.807, 2.05) is 11.5 Å². The fraction of sp³-hybridized carbons (Fsp3) is 0.304. The molecule has 0 saturated carbocycles. The zero-order valence-electron chi connectivity index (χ0n) is 19.5. The Kier molecular flexibility index (Phi) is 6.59. The van der Waals surface area contributed by atoms with Crippen LogP contribution in [0.25, 0.3) is 11.0 Å². The standard InChI is InChI=1S/C23H25N5O6S/c1-4-27-19-10-9-17(35(32,33)26(2)3)13-18(19)24-20(27)14-34-23(31)15-5-7-16(8-6-15)28-22(30)12-11-21(29)25-28/h5-10,13H,4,11-12,14H2,1-3H3,(H,25,29). The monoisotopic (exact) mass is 499 g/mol. The third kappa shape index (κ3) is 4.75. The number of sulfonamides is 1. The molecular weight excluding hydrogens is 474 g/mol. The number of fused-ring (bicyclic) bond motifs is 1. The van der Waals surface area contributed by atoms with Crippen molar-refractivity contribution in [1.29, 1.82) is 0 Å². The van der Waals surface area contributed by atoms with Crippen molar-refractivity contribution in [2.24, 2.45) is 0 Å². The number of rotatable bonds is 7. The van der Waals surface area contributed by atoms with Crippen LogP contribution >= 0.6 is 0 Å². The minimum atomic E-state index is -3.61. The molecule has 0 aliphatic carbocycles. The predicted octanol–water partition coefficient (Wildman–Crippen LogP) is 1.82. The molecule has 184 valence electrons. The van der Waals surface area contributed by atoms with Crippen molar-refractivity contribution >= 4 is 44.5 Å². The van der Waals surface area contributed by atoms with Crippen LogP contribution in [0.5, 0.6) is 0 Å². The molecule has 0 spiro atoms. The molecule has 0 unspecified atom stereocenters. The zero-order chi connectivity index (χ0) is 25.3. The van der Waals surface area contributed by atoms with Crippen molar-refractivity contribution in [1.82, 2.24) is 19.3 Å². The minimum absolute atomic E-state index is 0.112. The number of anilines is 1. The summed E-state index contributed by atoms with van der Waals surface area (Å²) in [5.41, 5.74) is 4.42. The van der Waals surface area contributed by atoms with Crippen molar-refractivity contribution in [2.45, 2.75) is 37.8 Å². The molecule has 1 N–H and O–H groups in total. The number of carbonyl (C=O) groups excluding carboxylic acids is 3. The van der Waals surface area contributed by atoms with Crippen molar-refractivity contribution in [3.8, 4) is 0 Å². The molecule has 1 aromatic heterocycles. The SMILES string of the molecule is CCn1c(COC(=O)c2ccc(N3NC(=O)CCC3=O)cc2)nc2cc(S(=O)(=O)N(C)C)ccc21. The molecule has 2 aromatic carbocycles. The highest BCUT2D eigenvalue weighted by Gasteiger charge is 2.25. The van der Waals surface area contributed by atoms with Crippen LogP contribution in [0.3, 0.4) is 0 Å². The predicted molar refractivity (Wildman–Crippen MR) is 127 cm³/mol. The molecule has 4 rings (SSSR count). The number of carbonyl (C=O) groups is 3. The number of benzene rings is 2. The van der Waals surface area contributed by atoms with Gasteiger partial charge in [-0.15, -0.1) is 0 Å². The highest BCUT2D eigenvalue weighted by molar-refractivity contribution is 7.89. The van der Waals surface area contributed by atoms with Crippen LogP contribution in [-0.2, 0) is 37.5 Å². The molecule has 12 heteroatoms. The van der Waals surface area contributed by atoms with Crippen LogP contribution in [0, 0.1) is 0 Å². The second-order valence-electron chi connectivity index (χ2n) is 8.10. The Bertz CT molecular complexity index is 1410. The number of hydrazine groups is 1. The molecule has 2 amide bonds. The number of aryl methyl sites for hydroxylation is 1. The van der Waals surface area contributed by atoms with E-state index in [4.69, 9.17) is 4.74 Å². The first-order valence-corrected chi connectivity index (χ1v) is 12.4. The largest absolute Gasteiger partial charge is 0.454 e. The molecule has 11 nitrogen and oxygen atoms in total. The summed E-state index contributed by atoms with van der Waals surface area (Å²) in [4.78, 5) is 40.8. The molecule has 0 atom stereocenters. The minimum Gasteiger partial charge on any atom is -0.454 e. The lowest BCUT2D eigenvalue weighted by Crippen LogP contribution is -2.50. The molecule has 3 aromatic rings. The fourth-order valence-corrected chi connectivity index (χ4v) is 4.66. The number of esters is 1. The summed E-state index contributed by atoms with van der Waals surface area (Å²) in [5.74, 6) is -0.595. The van der Waals surface area contributed by atoms with Gasteiger partial charge in [-0.1, -0.05) is 0 Å². The Morgan fingerprint density at radius 2 is 1.83 bits per heavy atom. The maximum atomic E-state index is 12.6. The van der Waals surface area contributed by atoms with Gasteiger partial charge >= 0.3 is 5.97 Å². The van der Waals surface area contributed by atoms with E-state index >= 15 is 0 Å². The first-order chi connectivity index (χ1) is 16.6. The van der Waals surface area contributed by atoms with E-state index in [0.29, 0.717) is 23.6 Å². The lowest BCUT2D eigenvalue weighted by molar-refractivity contribution is -0.130. The van der Waals surface area contributed by atoms with E-state index in [9.17, 15) is 22.8 Å². The van der Waals surface area contributed by atoms with Crippen molar-refractivity contribution in [2.75, 3.05) is 19.1 Å². The normalized spacial score (nSPS) is 14.5. The van der Waals surface area contributed by atoms with Gasteiger partial charge in [-0.25, -0.2) is 27.5 Å². The first kappa shape index (κ1) is 24.4. The number of nitrogens with one attached hydrogen (secondary N) is 1. The van der Waals surface area contributed by atoms with Crippen LogP contribution < -0.4 is 10.4 Å². The van der Waals surface area contributed by atoms with Gasteiger partial charge in [0.25, 0.3) is 0 Å². The van der Waals surface area contributed by atoms with E-state index < -0.39 is 16.0 Å². The number of ether oxygens (including phenoxy) is 1. The third-order valence-electron chi connectivity index (χ3n) is 5.64. The second kappa shape index (κ2) is 9.47. The molecular formula is C23H25N5O6S. The van der Waals surface area contributed by atoms with Gasteiger partial charge in [-0.05, 0) is 49.4 Å². The average Bonchev–Trinajstić information content (AvgIpc) is 3.20. The average molecular weight is 500 g/mol. The maximum Gasteiger partial charge on any atom is 0.338 e. The van der Waals surface area contributed by atoms with Crippen LogP contribution in [-0.4, -0.2) is 54.2 Å². The van der Waals surface area contributed by atoms with Crippen LogP contribution in [0.15, 0.2) is 47.4 Å². The Hall–Kier alpha value is -3.77. The van der Waals surface area contributed by atoms with Gasteiger partial charge in [-0.2, -0.15) is 0 Å². The van der Waals surface area contributed by atoms with E-state index in [2.05, 4.69) is 10.4 Å². The lowest BCUT2D eigenvalue weighted by atomic mass is 10.2. The Morgan fingerprint density at radius 1 is 1.11 bits per heavy atom. The summed E-state index contributed by atoms with van der Waals surface area (Å²) >= 11 is 0. The molecule has 1 saturated heterocycles. The highest BCUT2D eigenvalue weighted by atomic mass is 32.2. The summed E-state index contributed by atoms with van der Waals surface area (Å²) < 4.78 is 33.3. The van der Waals surface area contributed by atoms with Gasteiger partial charge in [0.2, 0.25) is 21.8 Å². The molecule has 2 heterocycles. The topological polar surface area (TPSA) is 131 Å². The van der Waals surface area contributed by atoms with Gasteiger partial charge < -0.3 is 9.30 Å². The summed E-state index contributed by atoms with van der Waals surface area (Å²) in [6.45, 7) is 2.35. The fourth-order valence-electron chi connectivity index (χ4n) is 3.74. The first-order valence-electron chi connectivity index (χ1n) is 10.9. The molecule has 1 aliphatic rings. The number of hydrogen-bond acceptors (Lipinski definition) is 7. The van der Waals surface area contributed by atoms with Crippen molar-refractivity contribution < 1.29 is 27.5 Å². The number of nitrogens with zero attached hydrogens (tertiary/aromatic N) is 4. The molecule has 0 bridgehead atoms. The summed E-state index contributed by atoms with van der Waals surface area (Å²) in [5, 5.41) is 1.16. The van der Waals surface area contributed by atoms with E-state index in [0.717, 1.165) is 14.8 Å². The molecule has 35 heavy (non-hydrogen) atoms. The lowest BCUT2D eigenvalue weighted by Gasteiger charge is -2.27. The van der Waals surface area contributed by atoms with Crippen LogP contribution in [0.4, 0.5) is 5.69 Å². The maximum absolute atomic E-state index is 12.6. The van der Waals surface area contributed by atoms with Gasteiger partial charge in [0, 0.05) is 33.5 Å². The Balaban J connectivity index is 1.50. The summed E-state index contributed by atoms with van der Waals surface area (Å²) in [6, 6.07) is 10.8. The second-order valence-corrected chi connectivity index (χ2v) is 10.2. The quantitative estimate of drug-likeness (QED) is 0.491. The third-order valence-corrected chi connectivity index (χ3v) is 7.45. The highest BCUT2D eigenvalue weighted by Crippen LogP contribution is 2.23. The number of imidazole rings is 1. The van der Waals surface area contributed by atoms with Gasteiger partial charge in [0.05, 0.1) is 27.2 Å². The van der Waals surface area contributed by atoms with Gasteiger partial charge in [0.15, 0.2) is 0 Å². The number of amides is 2. The molecule has 1 fully saturated rings. The smallest absolute Gasteiger partial charge is 0.338 e. The summed E-state index contributed by atoms with van der Waals surface area (Å²) in [7, 11) is -0.687. The Morgan fingerprint density at radius 3 is 2.49 bits per heavy atom. The van der Waals surface area contributed by atoms with Crippen LogP contribution in [0.2, 0.25) is 0 Å². The number of hydrogen-bond donors (Lipinski definition) is 1. The molecule has 1 aliphatic heterocycles. The van der Waals surface area contributed by atoms with Gasteiger partial charge in [0.1, 0.15) is 12.4 Å². The van der Waals surface area contributed by atoms with Crippen LogP contribution in [0.1, 0.15) is 35.9 Å². The summed E-state index contributed by atoms with van der Waals surface area (Å²) in [6.07, 6.45) is 0.270. The van der Waals surface area contributed by atoms with E-state index in [1.54, 1.807) is 18.2 Å². The van der Waals surface area contributed by atoms with E-state index in [-0.39, 0.29) is 41.7 Å². The molecule has 0 radical (unpaired) electrons. The number of aromatic nitrogens is 2. The van der Waals surface area contributed by atoms with E-state index in [1.165, 1.54) is 38.4 Å². The Labute approximate surface area is 202 Å². The van der Waals surface area contributed by atoms with Crippen molar-refractivity contribution in [3.63, 3.8) is 0 Å². The zero-order valence-corrected chi connectivity index (χ0v) is 20.3. The van der Waals surface area contributed by atoms with Gasteiger partial charge in [-0.3, -0.25) is 15.0 Å².